The van der Waals surface area contributed by atoms with Gasteiger partial charge in [-0.05, 0) is 20.8 Å². The molecule has 26 heavy (non-hydrogen) atoms. The van der Waals surface area contributed by atoms with Gasteiger partial charge in [0.2, 0.25) is 0 Å². The van der Waals surface area contributed by atoms with E-state index < -0.39 is 18.4 Å². The van der Waals surface area contributed by atoms with E-state index in [2.05, 4.69) is 15.0 Å². The van der Waals surface area contributed by atoms with Gasteiger partial charge in [0.15, 0.2) is 23.2 Å². The van der Waals surface area contributed by atoms with Crippen molar-refractivity contribution in [3.8, 4) is 0 Å². The van der Waals surface area contributed by atoms with Crippen LogP contribution in [0.1, 0.15) is 27.0 Å². The average molecular weight is 369 g/mol. The Bertz CT molecular complexity index is 743. The first kappa shape index (κ1) is 18.9. The van der Waals surface area contributed by atoms with E-state index in [1.165, 1.54) is 6.33 Å². The fraction of sp³-hybridized carbons (Fsp3) is 0.688. The van der Waals surface area contributed by atoms with E-state index in [9.17, 15) is 4.39 Å². The SMILES string of the molecule is CCOC[C@@H]1O[C@H](n2cnc3c(N)nc(F)nc32)[C@@H](OCC)[C@H]1OCC. The van der Waals surface area contributed by atoms with Gasteiger partial charge in [-0.3, -0.25) is 4.57 Å². The number of nitrogens with two attached hydrogens (primary N) is 1. The number of nitrogen functional groups attached to an aromatic ring is 1. The molecule has 0 aromatic carbocycles. The predicted molar refractivity (Wildman–Crippen MR) is 90.9 cm³/mol. The van der Waals surface area contributed by atoms with E-state index in [0.29, 0.717) is 31.9 Å². The van der Waals surface area contributed by atoms with E-state index in [4.69, 9.17) is 24.7 Å². The number of rotatable bonds is 8. The lowest BCUT2D eigenvalue weighted by atomic mass is 10.1. The lowest BCUT2D eigenvalue weighted by molar-refractivity contribution is -0.0732. The lowest BCUT2D eigenvalue weighted by Gasteiger charge is -2.24. The molecule has 10 heteroatoms. The first-order valence-corrected chi connectivity index (χ1v) is 8.72. The smallest absolute Gasteiger partial charge is 0.312 e. The maximum absolute atomic E-state index is 13.7. The largest absolute Gasteiger partial charge is 0.382 e. The molecule has 0 unspecified atom stereocenters. The second-order valence-electron chi connectivity index (χ2n) is 5.77. The van der Waals surface area contributed by atoms with Gasteiger partial charge in [-0.2, -0.15) is 14.4 Å². The molecule has 3 heterocycles. The van der Waals surface area contributed by atoms with Crippen molar-refractivity contribution in [3.05, 3.63) is 12.4 Å². The number of nitrogens with zero attached hydrogens (tertiary/aromatic N) is 4. The summed E-state index contributed by atoms with van der Waals surface area (Å²) in [5, 5.41) is 0. The van der Waals surface area contributed by atoms with Crippen LogP contribution in [-0.2, 0) is 18.9 Å². The Labute approximate surface area is 150 Å². The van der Waals surface area contributed by atoms with Crippen LogP contribution >= 0.6 is 0 Å². The Morgan fingerprint density at radius 3 is 2.58 bits per heavy atom. The Morgan fingerprint density at radius 2 is 1.88 bits per heavy atom. The zero-order chi connectivity index (χ0) is 18.7. The summed E-state index contributed by atoms with van der Waals surface area (Å²) in [5.74, 6) is -0.0237. The number of fused-ring (bicyclic) bond motifs is 1. The first-order chi connectivity index (χ1) is 12.6. The highest BCUT2D eigenvalue weighted by atomic mass is 19.1. The molecule has 1 aliphatic heterocycles. The minimum Gasteiger partial charge on any atom is -0.382 e. The molecule has 1 saturated heterocycles. The quantitative estimate of drug-likeness (QED) is 0.694. The van der Waals surface area contributed by atoms with Crippen LogP contribution in [0.5, 0.6) is 0 Å². The van der Waals surface area contributed by atoms with Crippen molar-refractivity contribution in [2.75, 3.05) is 32.2 Å². The summed E-state index contributed by atoms with van der Waals surface area (Å²) in [6.07, 6.45) is -1.12. The standard InChI is InChI=1S/C16H24FN5O4/c1-4-23-7-9-11(24-5-2)12(25-6-3)15(26-9)22-8-19-10-13(18)20-16(17)21-14(10)22/h8-9,11-12,15H,4-7H2,1-3H3,(H2,18,20,21)/t9-,11-,12-,15-/m0/s1. The van der Waals surface area contributed by atoms with Gasteiger partial charge >= 0.3 is 6.08 Å². The summed E-state index contributed by atoms with van der Waals surface area (Å²) >= 11 is 0. The predicted octanol–water partition coefficient (Wildman–Crippen LogP) is 1.29. The third-order valence-corrected chi connectivity index (χ3v) is 4.19. The molecule has 2 aromatic heterocycles. The number of halogens is 1. The van der Waals surface area contributed by atoms with Crippen molar-refractivity contribution >= 4 is 17.0 Å². The van der Waals surface area contributed by atoms with E-state index in [1.54, 1.807) is 4.57 Å². The van der Waals surface area contributed by atoms with Crippen molar-refractivity contribution < 1.29 is 23.3 Å². The van der Waals surface area contributed by atoms with E-state index >= 15 is 0 Å². The zero-order valence-electron chi connectivity index (χ0n) is 15.1. The Morgan fingerprint density at radius 1 is 1.15 bits per heavy atom. The van der Waals surface area contributed by atoms with Gasteiger partial charge in [-0.1, -0.05) is 0 Å². The summed E-state index contributed by atoms with van der Waals surface area (Å²) in [6.45, 7) is 7.60. The van der Waals surface area contributed by atoms with Gasteiger partial charge in [-0.15, -0.1) is 0 Å². The van der Waals surface area contributed by atoms with Crippen LogP contribution in [0.25, 0.3) is 11.2 Å². The molecular formula is C16H24FN5O4. The van der Waals surface area contributed by atoms with Crippen LogP contribution < -0.4 is 5.73 Å². The highest BCUT2D eigenvalue weighted by molar-refractivity contribution is 5.81. The molecule has 4 atom stereocenters. The molecule has 2 N–H and O–H groups in total. The highest BCUT2D eigenvalue weighted by Gasteiger charge is 2.47. The third kappa shape index (κ3) is 3.50. The van der Waals surface area contributed by atoms with Crippen LogP contribution in [-0.4, -0.2) is 64.3 Å². The van der Waals surface area contributed by atoms with Crippen LogP contribution in [0.2, 0.25) is 0 Å². The van der Waals surface area contributed by atoms with Crippen molar-refractivity contribution in [2.45, 2.75) is 45.3 Å². The Kier molecular flexibility index (Phi) is 5.97. The molecule has 0 saturated carbocycles. The molecule has 1 fully saturated rings. The van der Waals surface area contributed by atoms with Crippen LogP contribution in [0.4, 0.5) is 10.2 Å². The number of anilines is 1. The molecule has 0 aliphatic carbocycles. The van der Waals surface area contributed by atoms with Gasteiger partial charge in [0, 0.05) is 19.8 Å². The van der Waals surface area contributed by atoms with Crippen molar-refractivity contribution in [1.29, 1.82) is 0 Å². The fourth-order valence-electron chi connectivity index (χ4n) is 3.16. The monoisotopic (exact) mass is 369 g/mol. The number of aromatic nitrogens is 4. The Hall–Kier alpha value is -1.88. The summed E-state index contributed by atoms with van der Waals surface area (Å²) in [7, 11) is 0. The van der Waals surface area contributed by atoms with Gasteiger partial charge in [0.25, 0.3) is 0 Å². The maximum atomic E-state index is 13.7. The van der Waals surface area contributed by atoms with Crippen molar-refractivity contribution in [2.24, 2.45) is 0 Å². The molecule has 0 radical (unpaired) electrons. The van der Waals surface area contributed by atoms with E-state index in [0.717, 1.165) is 0 Å². The second kappa shape index (κ2) is 8.21. The summed E-state index contributed by atoms with van der Waals surface area (Å²) in [4.78, 5) is 11.5. The maximum Gasteiger partial charge on any atom is 0.312 e. The Balaban J connectivity index is 1.99. The summed E-state index contributed by atoms with van der Waals surface area (Å²) in [6, 6.07) is 0. The number of hydrogen-bond acceptors (Lipinski definition) is 8. The molecule has 0 spiro atoms. The average Bonchev–Trinajstić information content (AvgIpc) is 3.16. The molecule has 2 aromatic rings. The summed E-state index contributed by atoms with van der Waals surface area (Å²) in [5.41, 5.74) is 6.31. The van der Waals surface area contributed by atoms with Gasteiger partial charge in [0.05, 0.1) is 12.9 Å². The van der Waals surface area contributed by atoms with E-state index in [1.807, 2.05) is 20.8 Å². The minimum atomic E-state index is -0.921. The van der Waals surface area contributed by atoms with Crippen LogP contribution in [0.3, 0.4) is 0 Å². The fourth-order valence-corrected chi connectivity index (χ4v) is 3.16. The van der Waals surface area contributed by atoms with E-state index in [-0.39, 0.29) is 23.7 Å². The van der Waals surface area contributed by atoms with Crippen molar-refractivity contribution in [1.82, 2.24) is 19.5 Å². The van der Waals surface area contributed by atoms with Crippen LogP contribution in [0.15, 0.2) is 6.33 Å². The number of imidazole rings is 1. The molecule has 3 rings (SSSR count). The summed E-state index contributed by atoms with van der Waals surface area (Å²) < 4.78 is 38.7. The molecule has 144 valence electrons. The second-order valence-corrected chi connectivity index (χ2v) is 5.77. The van der Waals surface area contributed by atoms with Gasteiger partial charge in [0.1, 0.15) is 18.3 Å². The minimum absolute atomic E-state index is 0.0237. The number of hydrogen-bond donors (Lipinski definition) is 1. The zero-order valence-corrected chi connectivity index (χ0v) is 15.1. The lowest BCUT2D eigenvalue weighted by Crippen LogP contribution is -2.38. The number of ether oxygens (including phenoxy) is 4. The third-order valence-electron chi connectivity index (χ3n) is 4.19. The van der Waals surface area contributed by atoms with Gasteiger partial charge < -0.3 is 24.7 Å². The highest BCUT2D eigenvalue weighted by Crippen LogP contribution is 2.35. The molecular weight excluding hydrogens is 345 g/mol. The molecule has 0 bridgehead atoms. The topological polar surface area (TPSA) is 107 Å². The molecule has 0 amide bonds. The first-order valence-electron chi connectivity index (χ1n) is 8.72. The molecule has 9 nitrogen and oxygen atoms in total. The normalized spacial score (nSPS) is 26.0. The van der Waals surface area contributed by atoms with Crippen LogP contribution in [0, 0.1) is 6.08 Å². The van der Waals surface area contributed by atoms with Gasteiger partial charge in [-0.25, -0.2) is 4.98 Å². The van der Waals surface area contributed by atoms with Crippen molar-refractivity contribution in [3.63, 3.8) is 0 Å². The molecule has 1 aliphatic rings.